The molecule has 0 fully saturated rings. The van der Waals surface area contributed by atoms with Gasteiger partial charge >= 0.3 is 6.09 Å². The molecule has 108 valence electrons. The first kappa shape index (κ1) is 14.6. The highest BCUT2D eigenvalue weighted by Gasteiger charge is 2.16. The summed E-state index contributed by atoms with van der Waals surface area (Å²) in [6, 6.07) is 3.56. The van der Waals surface area contributed by atoms with Gasteiger partial charge in [-0.05, 0) is 48.8 Å². The molecular weight excluding hydrogens is 328 g/mol. The summed E-state index contributed by atoms with van der Waals surface area (Å²) in [6.45, 7) is 5.55. The van der Waals surface area contributed by atoms with Crippen molar-refractivity contribution in [3.8, 4) is 11.5 Å². The molecule has 2 rings (SSSR count). The van der Waals surface area contributed by atoms with E-state index < -0.39 is 11.7 Å². The Balaban J connectivity index is 2.00. The van der Waals surface area contributed by atoms with Gasteiger partial charge in [0, 0.05) is 10.0 Å². The van der Waals surface area contributed by atoms with Crippen molar-refractivity contribution >= 4 is 28.2 Å². The monoisotopic (exact) mass is 342 g/mol. The molecule has 1 aliphatic rings. The van der Waals surface area contributed by atoms with E-state index in [0.29, 0.717) is 11.5 Å². The van der Waals surface area contributed by atoms with E-state index in [2.05, 4.69) is 26.5 Å². The molecule has 20 heavy (non-hydrogen) atoms. The fraction of sp³-hybridized carbons (Fsp3) is 0.385. The zero-order valence-corrected chi connectivity index (χ0v) is 13.0. The number of rotatable bonds is 2. The molecule has 0 atom stereocenters. The van der Waals surface area contributed by atoms with Gasteiger partial charge in [0.05, 0.1) is 6.21 Å². The largest absolute Gasteiger partial charge is 0.454 e. The van der Waals surface area contributed by atoms with Crippen LogP contribution in [0, 0.1) is 0 Å². The molecule has 1 aromatic carbocycles. The van der Waals surface area contributed by atoms with Crippen LogP contribution in [-0.2, 0) is 4.74 Å². The molecule has 0 saturated heterocycles. The number of fused-ring (bicyclic) bond motifs is 1. The number of ether oxygens (including phenoxy) is 3. The van der Waals surface area contributed by atoms with E-state index in [1.54, 1.807) is 32.9 Å². The molecule has 0 bridgehead atoms. The normalized spacial score (nSPS) is 13.6. The number of hydrazone groups is 1. The van der Waals surface area contributed by atoms with Crippen molar-refractivity contribution in [1.82, 2.24) is 5.43 Å². The third-order valence-corrected chi connectivity index (χ3v) is 2.94. The number of carbonyl (C=O) groups is 1. The number of benzene rings is 1. The summed E-state index contributed by atoms with van der Waals surface area (Å²) in [7, 11) is 0. The second-order valence-electron chi connectivity index (χ2n) is 5.10. The second kappa shape index (κ2) is 5.70. The zero-order valence-electron chi connectivity index (χ0n) is 11.4. The maximum absolute atomic E-state index is 11.4. The van der Waals surface area contributed by atoms with Crippen LogP contribution in [0.4, 0.5) is 4.79 Å². The van der Waals surface area contributed by atoms with Crippen molar-refractivity contribution in [2.24, 2.45) is 5.10 Å². The number of carbonyl (C=O) groups excluding carboxylic acids is 1. The van der Waals surface area contributed by atoms with E-state index in [4.69, 9.17) is 14.2 Å². The van der Waals surface area contributed by atoms with Gasteiger partial charge in [0.25, 0.3) is 0 Å². The minimum Gasteiger partial charge on any atom is -0.454 e. The Morgan fingerprint density at radius 3 is 2.70 bits per heavy atom. The summed E-state index contributed by atoms with van der Waals surface area (Å²) in [5.41, 5.74) is 2.50. The van der Waals surface area contributed by atoms with Crippen LogP contribution in [0.5, 0.6) is 11.5 Å². The number of nitrogens with one attached hydrogen (secondary N) is 1. The Bertz CT molecular complexity index is 552. The zero-order chi connectivity index (χ0) is 14.8. The highest BCUT2D eigenvalue weighted by molar-refractivity contribution is 9.10. The lowest BCUT2D eigenvalue weighted by atomic mass is 10.2. The first-order valence-electron chi connectivity index (χ1n) is 5.96. The standard InChI is InChI=1S/C13H15BrN2O4/c1-13(2,3)20-12(17)16-15-6-8-4-10-11(5-9(8)14)19-7-18-10/h4-6H,7H2,1-3H3,(H,16,17)/b15-6+. The van der Waals surface area contributed by atoms with Crippen LogP contribution < -0.4 is 14.9 Å². The molecule has 0 saturated carbocycles. The van der Waals surface area contributed by atoms with Gasteiger partial charge < -0.3 is 14.2 Å². The highest BCUT2D eigenvalue weighted by atomic mass is 79.9. The predicted octanol–water partition coefficient (Wildman–Crippen LogP) is 3.04. The van der Waals surface area contributed by atoms with Crippen LogP contribution >= 0.6 is 15.9 Å². The number of nitrogens with zero attached hydrogens (tertiary/aromatic N) is 1. The van der Waals surface area contributed by atoms with Crippen LogP contribution in [0.1, 0.15) is 26.3 Å². The fourth-order valence-corrected chi connectivity index (χ4v) is 1.91. The van der Waals surface area contributed by atoms with Gasteiger partial charge in [-0.2, -0.15) is 5.10 Å². The van der Waals surface area contributed by atoms with Crippen molar-refractivity contribution in [1.29, 1.82) is 0 Å². The van der Waals surface area contributed by atoms with E-state index >= 15 is 0 Å². The topological polar surface area (TPSA) is 69.2 Å². The van der Waals surface area contributed by atoms with Gasteiger partial charge in [-0.3, -0.25) is 0 Å². The first-order chi connectivity index (χ1) is 9.35. The van der Waals surface area contributed by atoms with E-state index in [9.17, 15) is 4.79 Å². The van der Waals surface area contributed by atoms with Crippen molar-refractivity contribution in [3.05, 3.63) is 22.2 Å². The number of hydrogen-bond acceptors (Lipinski definition) is 5. The van der Waals surface area contributed by atoms with Gasteiger partial charge in [0.15, 0.2) is 11.5 Å². The lowest BCUT2D eigenvalue weighted by Crippen LogP contribution is -2.29. The number of hydrogen-bond donors (Lipinski definition) is 1. The summed E-state index contributed by atoms with van der Waals surface area (Å²) in [5, 5.41) is 3.84. The fourth-order valence-electron chi connectivity index (χ4n) is 1.49. The van der Waals surface area contributed by atoms with E-state index in [0.717, 1.165) is 10.0 Å². The third kappa shape index (κ3) is 3.86. The highest BCUT2D eigenvalue weighted by Crippen LogP contribution is 2.36. The Kier molecular flexibility index (Phi) is 4.17. The van der Waals surface area contributed by atoms with Crippen molar-refractivity contribution < 1.29 is 19.0 Å². The lowest BCUT2D eigenvalue weighted by molar-refractivity contribution is 0.0529. The van der Waals surface area contributed by atoms with E-state index in [1.165, 1.54) is 6.21 Å². The quantitative estimate of drug-likeness (QED) is 0.662. The van der Waals surface area contributed by atoms with Crippen LogP contribution in [0.3, 0.4) is 0 Å². The maximum Gasteiger partial charge on any atom is 0.428 e. The molecule has 1 aliphatic heterocycles. The molecule has 6 nitrogen and oxygen atoms in total. The van der Waals surface area contributed by atoms with Gasteiger partial charge in [0.1, 0.15) is 5.60 Å². The van der Waals surface area contributed by atoms with Gasteiger partial charge in [-0.25, -0.2) is 10.2 Å². The molecule has 1 heterocycles. The van der Waals surface area contributed by atoms with Gasteiger partial charge in [0.2, 0.25) is 6.79 Å². The Morgan fingerprint density at radius 2 is 2.05 bits per heavy atom. The molecule has 1 N–H and O–H groups in total. The average Bonchev–Trinajstić information content (AvgIpc) is 2.73. The average molecular weight is 343 g/mol. The Hall–Kier alpha value is -1.76. The molecule has 0 unspecified atom stereocenters. The number of amides is 1. The van der Waals surface area contributed by atoms with Crippen LogP contribution in [-0.4, -0.2) is 24.7 Å². The minimum absolute atomic E-state index is 0.207. The summed E-state index contributed by atoms with van der Waals surface area (Å²) in [5.74, 6) is 1.32. The van der Waals surface area contributed by atoms with Crippen molar-refractivity contribution in [3.63, 3.8) is 0 Å². The van der Waals surface area contributed by atoms with E-state index in [1.807, 2.05) is 0 Å². The van der Waals surface area contributed by atoms with Crippen molar-refractivity contribution in [2.75, 3.05) is 6.79 Å². The number of halogens is 1. The Morgan fingerprint density at radius 1 is 1.40 bits per heavy atom. The van der Waals surface area contributed by atoms with Crippen LogP contribution in [0.15, 0.2) is 21.7 Å². The minimum atomic E-state index is -0.606. The molecule has 0 spiro atoms. The molecule has 0 radical (unpaired) electrons. The summed E-state index contributed by atoms with van der Waals surface area (Å²) < 4.78 is 16.4. The lowest BCUT2D eigenvalue weighted by Gasteiger charge is -2.18. The summed E-state index contributed by atoms with van der Waals surface area (Å²) >= 11 is 3.40. The predicted molar refractivity (Wildman–Crippen MR) is 77.2 cm³/mol. The first-order valence-corrected chi connectivity index (χ1v) is 6.76. The van der Waals surface area contributed by atoms with E-state index in [-0.39, 0.29) is 6.79 Å². The molecule has 0 aliphatic carbocycles. The molecule has 1 aromatic rings. The summed E-state index contributed by atoms with van der Waals surface area (Å²) in [6.07, 6.45) is 0.890. The SMILES string of the molecule is CC(C)(C)OC(=O)N/N=C/c1cc2c(cc1Br)OCO2. The molecule has 7 heteroatoms. The van der Waals surface area contributed by atoms with Crippen LogP contribution in [0.25, 0.3) is 0 Å². The third-order valence-electron chi connectivity index (χ3n) is 2.25. The van der Waals surface area contributed by atoms with Crippen molar-refractivity contribution in [2.45, 2.75) is 26.4 Å². The van der Waals surface area contributed by atoms with Gasteiger partial charge in [-0.1, -0.05) is 0 Å². The smallest absolute Gasteiger partial charge is 0.428 e. The molecule has 0 aromatic heterocycles. The van der Waals surface area contributed by atoms with Gasteiger partial charge in [-0.15, -0.1) is 0 Å². The maximum atomic E-state index is 11.4. The van der Waals surface area contributed by atoms with Crippen LogP contribution in [0.2, 0.25) is 0 Å². The molecule has 1 amide bonds. The molecular formula is C13H15BrN2O4. The second-order valence-corrected chi connectivity index (χ2v) is 5.95. The summed E-state index contributed by atoms with van der Waals surface area (Å²) in [4.78, 5) is 11.4. The Labute approximate surface area is 125 Å².